The van der Waals surface area contributed by atoms with Gasteiger partial charge < -0.3 is 21.5 Å². The molecule has 1 aromatic heterocycles. The molecule has 0 saturated heterocycles. The first-order valence-electron chi connectivity index (χ1n) is 6.23. The summed E-state index contributed by atoms with van der Waals surface area (Å²) in [5.41, 5.74) is 12.0. The molecule has 0 radical (unpaired) electrons. The smallest absolute Gasteiger partial charge is 0.264 e. The molecule has 0 spiro atoms. The van der Waals surface area contributed by atoms with Crippen molar-refractivity contribution in [1.29, 1.82) is 0 Å². The second-order valence-corrected chi connectivity index (χ2v) is 4.10. The van der Waals surface area contributed by atoms with Gasteiger partial charge in [0.25, 0.3) is 5.88 Å². The van der Waals surface area contributed by atoms with Crippen molar-refractivity contribution < 1.29 is 4.74 Å². The first kappa shape index (κ1) is 13.2. The second kappa shape index (κ2) is 6.10. The largest absolute Gasteiger partial charge is 0.436 e. The molecule has 0 aliphatic rings. The summed E-state index contributed by atoms with van der Waals surface area (Å²) < 4.78 is 7.46. The normalized spacial score (nSPS) is 10.4. The van der Waals surface area contributed by atoms with E-state index in [2.05, 4.69) is 10.4 Å². The number of ether oxygens (including phenoxy) is 1. The van der Waals surface area contributed by atoms with E-state index in [-0.39, 0.29) is 0 Å². The summed E-state index contributed by atoms with van der Waals surface area (Å²) in [4.78, 5) is 0. The molecule has 0 aliphatic heterocycles. The maximum absolute atomic E-state index is 6.03. The molecule has 19 heavy (non-hydrogen) atoms. The molecule has 6 nitrogen and oxygen atoms in total. The van der Waals surface area contributed by atoms with E-state index >= 15 is 0 Å². The van der Waals surface area contributed by atoms with Crippen molar-refractivity contribution in [3.05, 3.63) is 30.3 Å². The summed E-state index contributed by atoms with van der Waals surface area (Å²) in [7, 11) is 1.80. The quantitative estimate of drug-likeness (QED) is 0.735. The SMILES string of the molecule is CNc1c(N)c(Oc2ccccc2)nn1CCCN. The number of rotatable bonds is 6. The lowest BCUT2D eigenvalue weighted by Gasteiger charge is -2.05. The zero-order valence-corrected chi connectivity index (χ0v) is 11.0. The van der Waals surface area contributed by atoms with Gasteiger partial charge in [-0.1, -0.05) is 18.2 Å². The second-order valence-electron chi connectivity index (χ2n) is 4.10. The van der Waals surface area contributed by atoms with Gasteiger partial charge in [0.15, 0.2) is 5.82 Å². The van der Waals surface area contributed by atoms with Crippen LogP contribution in [0.5, 0.6) is 11.6 Å². The number of aromatic nitrogens is 2. The van der Waals surface area contributed by atoms with E-state index in [4.69, 9.17) is 16.2 Å². The van der Waals surface area contributed by atoms with Gasteiger partial charge in [0, 0.05) is 13.6 Å². The van der Waals surface area contributed by atoms with E-state index in [9.17, 15) is 0 Å². The van der Waals surface area contributed by atoms with Crippen LogP contribution in [0, 0.1) is 0 Å². The third-order valence-electron chi connectivity index (χ3n) is 2.72. The number of aryl methyl sites for hydroxylation is 1. The molecule has 1 aromatic carbocycles. The van der Waals surface area contributed by atoms with Gasteiger partial charge in [-0.25, -0.2) is 4.68 Å². The van der Waals surface area contributed by atoms with Gasteiger partial charge >= 0.3 is 0 Å². The van der Waals surface area contributed by atoms with E-state index in [0.29, 0.717) is 30.4 Å². The Labute approximate surface area is 112 Å². The van der Waals surface area contributed by atoms with Gasteiger partial charge in [-0.05, 0) is 25.1 Å². The van der Waals surface area contributed by atoms with Crippen LogP contribution in [0.1, 0.15) is 6.42 Å². The summed E-state index contributed by atoms with van der Waals surface area (Å²) in [6.45, 7) is 1.31. The number of nitrogen functional groups attached to an aromatic ring is 1. The highest BCUT2D eigenvalue weighted by Gasteiger charge is 2.15. The molecule has 102 valence electrons. The minimum atomic E-state index is 0.410. The lowest BCUT2D eigenvalue weighted by molar-refractivity contribution is 0.447. The monoisotopic (exact) mass is 261 g/mol. The Balaban J connectivity index is 2.23. The molecule has 0 saturated carbocycles. The van der Waals surface area contributed by atoms with Crippen molar-refractivity contribution in [2.24, 2.45) is 5.73 Å². The van der Waals surface area contributed by atoms with Crippen LogP contribution in [0.2, 0.25) is 0 Å². The minimum absolute atomic E-state index is 0.410. The minimum Gasteiger partial charge on any atom is -0.436 e. The number of anilines is 2. The average molecular weight is 261 g/mol. The Morgan fingerprint density at radius 3 is 2.68 bits per heavy atom. The zero-order chi connectivity index (χ0) is 13.7. The molecule has 0 fully saturated rings. The maximum Gasteiger partial charge on any atom is 0.264 e. The average Bonchev–Trinajstić information content (AvgIpc) is 2.73. The van der Waals surface area contributed by atoms with Gasteiger partial charge in [0.05, 0.1) is 0 Å². The van der Waals surface area contributed by atoms with Crippen LogP contribution >= 0.6 is 0 Å². The molecule has 0 aliphatic carbocycles. The van der Waals surface area contributed by atoms with E-state index in [1.807, 2.05) is 30.3 Å². The zero-order valence-electron chi connectivity index (χ0n) is 11.0. The van der Waals surface area contributed by atoms with Crippen LogP contribution in [-0.4, -0.2) is 23.4 Å². The van der Waals surface area contributed by atoms with Crippen LogP contribution in [-0.2, 0) is 6.54 Å². The molecule has 1 heterocycles. The lowest BCUT2D eigenvalue weighted by Crippen LogP contribution is -2.09. The molecule has 5 N–H and O–H groups in total. The highest BCUT2D eigenvalue weighted by Crippen LogP contribution is 2.32. The number of hydrogen-bond donors (Lipinski definition) is 3. The van der Waals surface area contributed by atoms with E-state index in [0.717, 1.165) is 12.2 Å². The molecule has 0 bridgehead atoms. The Morgan fingerprint density at radius 1 is 1.32 bits per heavy atom. The molecule has 0 amide bonds. The van der Waals surface area contributed by atoms with Gasteiger partial charge in [-0.3, -0.25) is 0 Å². The summed E-state index contributed by atoms with van der Waals surface area (Å²) in [6.07, 6.45) is 0.834. The topological polar surface area (TPSA) is 91.1 Å². The predicted molar refractivity (Wildman–Crippen MR) is 76.4 cm³/mol. The van der Waals surface area contributed by atoms with Gasteiger partial charge in [-0.15, -0.1) is 5.10 Å². The molecule has 0 atom stereocenters. The fourth-order valence-corrected chi connectivity index (χ4v) is 1.80. The van der Waals surface area contributed by atoms with Crippen molar-refractivity contribution in [3.8, 4) is 11.6 Å². The number of benzene rings is 1. The van der Waals surface area contributed by atoms with Crippen LogP contribution in [0.25, 0.3) is 0 Å². The Bertz CT molecular complexity index is 523. The fraction of sp³-hybridized carbons (Fsp3) is 0.308. The van der Waals surface area contributed by atoms with Crippen molar-refractivity contribution in [2.45, 2.75) is 13.0 Å². The molecular formula is C13H19N5O. The number of nitrogens with one attached hydrogen (secondary N) is 1. The van der Waals surface area contributed by atoms with Crippen molar-refractivity contribution >= 4 is 11.5 Å². The first-order chi connectivity index (χ1) is 9.26. The third-order valence-corrected chi connectivity index (χ3v) is 2.72. The number of para-hydroxylation sites is 1. The summed E-state index contributed by atoms with van der Waals surface area (Å²) >= 11 is 0. The Hall–Kier alpha value is -2.21. The van der Waals surface area contributed by atoms with Gasteiger partial charge in [0.1, 0.15) is 11.4 Å². The Morgan fingerprint density at radius 2 is 2.05 bits per heavy atom. The highest BCUT2D eigenvalue weighted by atomic mass is 16.5. The highest BCUT2D eigenvalue weighted by molar-refractivity contribution is 5.68. The number of nitrogens with two attached hydrogens (primary N) is 2. The maximum atomic E-state index is 6.03. The van der Waals surface area contributed by atoms with Crippen LogP contribution < -0.4 is 21.5 Å². The van der Waals surface area contributed by atoms with Crippen LogP contribution in [0.3, 0.4) is 0 Å². The molecule has 6 heteroatoms. The summed E-state index contributed by atoms with van der Waals surface area (Å²) in [5, 5.41) is 7.40. The fourth-order valence-electron chi connectivity index (χ4n) is 1.80. The first-order valence-corrected chi connectivity index (χ1v) is 6.23. The van der Waals surface area contributed by atoms with Crippen LogP contribution in [0.15, 0.2) is 30.3 Å². The predicted octanol–water partition coefficient (Wildman–Crippen LogP) is 1.65. The van der Waals surface area contributed by atoms with Crippen molar-refractivity contribution in [2.75, 3.05) is 24.6 Å². The van der Waals surface area contributed by atoms with Gasteiger partial charge in [-0.2, -0.15) is 0 Å². The van der Waals surface area contributed by atoms with E-state index in [1.165, 1.54) is 0 Å². The Kier molecular flexibility index (Phi) is 4.25. The van der Waals surface area contributed by atoms with Crippen molar-refractivity contribution in [1.82, 2.24) is 9.78 Å². The standard InChI is InChI=1S/C13H19N5O/c1-16-12-11(15)13(17-18(12)9-5-8-14)19-10-6-3-2-4-7-10/h2-4,6-7,16H,5,8-9,14-15H2,1H3. The van der Waals surface area contributed by atoms with Crippen molar-refractivity contribution in [3.63, 3.8) is 0 Å². The van der Waals surface area contributed by atoms with E-state index in [1.54, 1.807) is 11.7 Å². The molecule has 2 aromatic rings. The van der Waals surface area contributed by atoms with E-state index < -0.39 is 0 Å². The summed E-state index contributed by atoms with van der Waals surface area (Å²) in [6, 6.07) is 9.44. The number of nitrogens with zero attached hydrogens (tertiary/aromatic N) is 2. The van der Waals surface area contributed by atoms with Gasteiger partial charge in [0.2, 0.25) is 0 Å². The van der Waals surface area contributed by atoms with Crippen LogP contribution in [0.4, 0.5) is 11.5 Å². The third kappa shape index (κ3) is 2.97. The molecule has 2 rings (SSSR count). The lowest BCUT2D eigenvalue weighted by atomic mass is 10.3. The summed E-state index contributed by atoms with van der Waals surface area (Å²) in [5.74, 6) is 1.87. The molecular weight excluding hydrogens is 242 g/mol. The molecule has 0 unspecified atom stereocenters. The number of hydrogen-bond acceptors (Lipinski definition) is 5.